The lowest BCUT2D eigenvalue weighted by atomic mass is 9.45. The number of ether oxygens (including phenoxy) is 1. The Bertz CT molecular complexity index is 672. The van der Waals surface area contributed by atoms with Crippen LogP contribution >= 0.6 is 0 Å². The fourth-order valence-electron chi connectivity index (χ4n) is 7.55. The van der Waals surface area contributed by atoms with Gasteiger partial charge in [0.05, 0.1) is 6.42 Å². The number of carbonyl (C=O) groups excluding carboxylic acids is 3. The molecule has 0 amide bonds. The molecular weight excluding hydrogens is 356 g/mol. The van der Waals surface area contributed by atoms with Crippen LogP contribution in [0.4, 0.5) is 0 Å². The van der Waals surface area contributed by atoms with Crippen LogP contribution in [0.3, 0.4) is 0 Å². The number of carbonyl (C=O) groups is 3. The molecule has 0 saturated heterocycles. The Labute approximate surface area is 167 Å². The molecule has 5 heteroatoms. The molecule has 156 valence electrons. The Hall–Kier alpha value is -1.39. The van der Waals surface area contributed by atoms with Gasteiger partial charge in [0.1, 0.15) is 11.9 Å². The second kappa shape index (κ2) is 7.14. The number of hydrogen-bond acceptors (Lipinski definition) is 5. The van der Waals surface area contributed by atoms with E-state index in [4.69, 9.17) is 4.74 Å². The highest BCUT2D eigenvalue weighted by Gasteiger charge is 2.60. The van der Waals surface area contributed by atoms with E-state index in [1.807, 2.05) is 0 Å². The molecule has 4 fully saturated rings. The van der Waals surface area contributed by atoms with E-state index in [-0.39, 0.29) is 29.8 Å². The van der Waals surface area contributed by atoms with Crippen molar-refractivity contribution in [2.45, 2.75) is 90.6 Å². The number of rotatable bonds is 4. The normalized spacial score (nSPS) is 44.9. The van der Waals surface area contributed by atoms with Gasteiger partial charge in [-0.05, 0) is 86.9 Å². The minimum Gasteiger partial charge on any atom is -0.550 e. The molecule has 0 aliphatic heterocycles. The SMILES string of the molecule is C[C@]12CC[C@@H](OC(=O)CCC(=O)[O-])C[C@@H]1CC[C@H]1[C@H]3CCC(=O)[C@@]3(C)CC[C@@H]12. The zero-order chi connectivity index (χ0) is 20.1. The summed E-state index contributed by atoms with van der Waals surface area (Å²) in [6.07, 6.45) is 8.80. The summed E-state index contributed by atoms with van der Waals surface area (Å²) in [5, 5.41) is 10.5. The van der Waals surface area contributed by atoms with Crippen molar-refractivity contribution in [3.63, 3.8) is 0 Å². The predicted molar refractivity (Wildman–Crippen MR) is 101 cm³/mol. The molecule has 4 aliphatic carbocycles. The first kappa shape index (κ1) is 19.9. The number of ketones is 1. The van der Waals surface area contributed by atoms with Crippen LogP contribution in [0.25, 0.3) is 0 Å². The fraction of sp³-hybridized carbons (Fsp3) is 0.870. The third kappa shape index (κ3) is 3.19. The summed E-state index contributed by atoms with van der Waals surface area (Å²) < 4.78 is 5.60. The van der Waals surface area contributed by atoms with Crippen LogP contribution in [0.1, 0.15) is 84.5 Å². The first-order chi connectivity index (χ1) is 13.2. The largest absolute Gasteiger partial charge is 0.550 e. The number of aliphatic carboxylic acids is 1. The highest BCUT2D eigenvalue weighted by Crippen LogP contribution is 2.65. The van der Waals surface area contributed by atoms with E-state index in [1.165, 1.54) is 6.42 Å². The molecule has 7 atom stereocenters. The van der Waals surface area contributed by atoms with Crippen LogP contribution in [0, 0.1) is 34.5 Å². The first-order valence-electron chi connectivity index (χ1n) is 11.2. The van der Waals surface area contributed by atoms with Gasteiger partial charge in [-0.3, -0.25) is 9.59 Å². The number of carboxylic acids is 1. The topological polar surface area (TPSA) is 83.5 Å². The average Bonchev–Trinajstić information content (AvgIpc) is 2.95. The molecule has 0 aromatic heterocycles. The van der Waals surface area contributed by atoms with Crippen LogP contribution < -0.4 is 5.11 Å². The fourth-order valence-corrected chi connectivity index (χ4v) is 7.55. The van der Waals surface area contributed by atoms with E-state index in [2.05, 4.69) is 13.8 Å². The Balaban J connectivity index is 1.41. The molecule has 4 saturated carbocycles. The molecule has 0 spiro atoms. The van der Waals surface area contributed by atoms with Crippen LogP contribution in [-0.4, -0.2) is 23.8 Å². The lowest BCUT2D eigenvalue weighted by molar-refractivity contribution is -0.305. The number of esters is 1. The summed E-state index contributed by atoms with van der Waals surface area (Å²) >= 11 is 0. The van der Waals surface area contributed by atoms with Gasteiger partial charge in [-0.2, -0.15) is 0 Å². The van der Waals surface area contributed by atoms with Gasteiger partial charge in [0.15, 0.2) is 0 Å². The summed E-state index contributed by atoms with van der Waals surface area (Å²) in [6.45, 7) is 4.67. The Kier molecular flexibility index (Phi) is 5.08. The van der Waals surface area contributed by atoms with Crippen molar-refractivity contribution in [2.24, 2.45) is 34.5 Å². The van der Waals surface area contributed by atoms with Gasteiger partial charge in [-0.1, -0.05) is 13.8 Å². The van der Waals surface area contributed by atoms with Crippen molar-refractivity contribution in [1.82, 2.24) is 0 Å². The predicted octanol–water partition coefficient (Wildman–Crippen LogP) is 3.04. The second-order valence-corrected chi connectivity index (χ2v) is 10.3. The molecule has 5 nitrogen and oxygen atoms in total. The van der Waals surface area contributed by atoms with Crippen LogP contribution in [0.2, 0.25) is 0 Å². The molecular formula is C23H33O5-. The standard InChI is InChI=1S/C23H34O5/c1-22-11-9-15(28-21(27)8-7-20(25)26)13-14(22)3-4-16-17-5-6-19(24)23(17,2)12-10-18(16)22/h14-18H,3-13H2,1-2H3,(H,25,26)/p-1/t14-,15+,16-,17+,18-,22-,23-/m0/s1. The van der Waals surface area contributed by atoms with Crippen LogP contribution in [0.5, 0.6) is 0 Å². The Morgan fingerprint density at radius 2 is 1.82 bits per heavy atom. The zero-order valence-corrected chi connectivity index (χ0v) is 17.2. The molecule has 0 N–H and O–H groups in total. The van der Waals surface area contributed by atoms with Crippen LogP contribution in [0.15, 0.2) is 0 Å². The molecule has 0 aromatic rings. The van der Waals surface area contributed by atoms with Gasteiger partial charge in [0.2, 0.25) is 0 Å². The number of hydrogen-bond donors (Lipinski definition) is 0. The van der Waals surface area contributed by atoms with Crippen molar-refractivity contribution < 1.29 is 24.2 Å². The summed E-state index contributed by atoms with van der Waals surface area (Å²) in [6, 6.07) is 0. The molecule has 28 heavy (non-hydrogen) atoms. The molecule has 4 rings (SSSR count). The van der Waals surface area contributed by atoms with E-state index < -0.39 is 11.9 Å². The van der Waals surface area contributed by atoms with Crippen molar-refractivity contribution in [1.29, 1.82) is 0 Å². The highest BCUT2D eigenvalue weighted by atomic mass is 16.5. The van der Waals surface area contributed by atoms with Crippen molar-refractivity contribution >= 4 is 17.7 Å². The molecule has 0 unspecified atom stereocenters. The summed E-state index contributed by atoms with van der Waals surface area (Å²) in [5.74, 6) is 1.36. The summed E-state index contributed by atoms with van der Waals surface area (Å²) in [7, 11) is 0. The third-order valence-electron chi connectivity index (χ3n) is 9.16. The van der Waals surface area contributed by atoms with E-state index >= 15 is 0 Å². The maximum Gasteiger partial charge on any atom is 0.306 e. The van der Waals surface area contributed by atoms with Gasteiger partial charge in [-0.15, -0.1) is 0 Å². The monoisotopic (exact) mass is 389 g/mol. The van der Waals surface area contributed by atoms with Crippen molar-refractivity contribution in [3.8, 4) is 0 Å². The number of carboxylic acid groups (broad SMARTS) is 1. The number of Topliss-reactive ketones (excluding diaryl/α,β-unsaturated/α-hetero) is 1. The lowest BCUT2D eigenvalue weighted by Crippen LogP contribution is -2.54. The van der Waals surface area contributed by atoms with E-state index in [9.17, 15) is 19.5 Å². The quantitative estimate of drug-likeness (QED) is 0.690. The van der Waals surface area contributed by atoms with Crippen LogP contribution in [-0.2, 0) is 19.1 Å². The van der Waals surface area contributed by atoms with Gasteiger partial charge in [0, 0.05) is 17.8 Å². The molecule has 4 aliphatic rings. The maximum absolute atomic E-state index is 12.5. The molecule has 0 aromatic carbocycles. The minimum absolute atomic E-state index is 0.0733. The van der Waals surface area contributed by atoms with E-state index in [0.29, 0.717) is 29.5 Å². The Morgan fingerprint density at radius 1 is 1.04 bits per heavy atom. The van der Waals surface area contributed by atoms with Crippen molar-refractivity contribution in [3.05, 3.63) is 0 Å². The summed E-state index contributed by atoms with van der Waals surface area (Å²) in [4.78, 5) is 35.0. The number of fused-ring (bicyclic) bond motifs is 5. The lowest BCUT2D eigenvalue weighted by Gasteiger charge is -2.60. The van der Waals surface area contributed by atoms with E-state index in [1.54, 1.807) is 0 Å². The maximum atomic E-state index is 12.5. The smallest absolute Gasteiger partial charge is 0.306 e. The van der Waals surface area contributed by atoms with Gasteiger partial charge >= 0.3 is 5.97 Å². The van der Waals surface area contributed by atoms with Gasteiger partial charge < -0.3 is 14.6 Å². The molecule has 0 bridgehead atoms. The molecule has 0 heterocycles. The summed E-state index contributed by atoms with van der Waals surface area (Å²) in [5.41, 5.74) is 0.208. The third-order valence-corrected chi connectivity index (χ3v) is 9.16. The van der Waals surface area contributed by atoms with Gasteiger partial charge in [-0.25, -0.2) is 0 Å². The zero-order valence-electron chi connectivity index (χ0n) is 17.2. The highest BCUT2D eigenvalue weighted by molar-refractivity contribution is 5.87. The van der Waals surface area contributed by atoms with Crippen molar-refractivity contribution in [2.75, 3.05) is 0 Å². The average molecular weight is 390 g/mol. The molecule has 0 radical (unpaired) electrons. The Morgan fingerprint density at radius 3 is 2.57 bits per heavy atom. The second-order valence-electron chi connectivity index (χ2n) is 10.3. The first-order valence-corrected chi connectivity index (χ1v) is 11.2. The van der Waals surface area contributed by atoms with E-state index in [0.717, 1.165) is 51.4 Å². The van der Waals surface area contributed by atoms with Gasteiger partial charge in [0.25, 0.3) is 0 Å². The minimum atomic E-state index is -1.21.